The summed E-state index contributed by atoms with van der Waals surface area (Å²) in [7, 11) is 0. The lowest BCUT2D eigenvalue weighted by atomic mass is 10.2. The third kappa shape index (κ3) is 1.94. The smallest absolute Gasteiger partial charge is 0.0474 e. The quantitative estimate of drug-likeness (QED) is 0.729. The Kier molecular flexibility index (Phi) is 2.58. The highest BCUT2D eigenvalue weighted by molar-refractivity contribution is 5.29. The second-order valence-electron chi connectivity index (χ2n) is 4.01. The zero-order chi connectivity index (χ0) is 10.8. The molecular weight excluding hydrogens is 184 g/mol. The van der Waals surface area contributed by atoms with E-state index in [1.165, 1.54) is 22.4 Å². The number of pyridine rings is 1. The van der Waals surface area contributed by atoms with Gasteiger partial charge in [0.25, 0.3) is 0 Å². The predicted molar refractivity (Wildman–Crippen MR) is 62.0 cm³/mol. The molecule has 0 atom stereocenters. The normalized spacial score (nSPS) is 10.6. The van der Waals surface area contributed by atoms with Crippen LogP contribution in [0, 0.1) is 20.8 Å². The topological polar surface area (TPSA) is 17.8 Å². The molecule has 0 saturated carbocycles. The minimum absolute atomic E-state index is 0.934. The van der Waals surface area contributed by atoms with Gasteiger partial charge in [-0.05, 0) is 49.6 Å². The van der Waals surface area contributed by atoms with E-state index in [1.54, 1.807) is 0 Å². The molecule has 15 heavy (non-hydrogen) atoms. The van der Waals surface area contributed by atoms with Crippen LogP contribution in [0.2, 0.25) is 0 Å². The maximum atomic E-state index is 4.02. The molecule has 2 rings (SSSR count). The van der Waals surface area contributed by atoms with Crippen LogP contribution in [0.25, 0.3) is 0 Å². The summed E-state index contributed by atoms with van der Waals surface area (Å²) in [6, 6.07) is 4.12. The average Bonchev–Trinajstić information content (AvgIpc) is 2.48. The molecule has 0 fully saturated rings. The van der Waals surface area contributed by atoms with Gasteiger partial charge >= 0.3 is 0 Å². The summed E-state index contributed by atoms with van der Waals surface area (Å²) in [6.07, 6.45) is 5.90. The Balaban J connectivity index is 2.29. The van der Waals surface area contributed by atoms with E-state index in [0.29, 0.717) is 0 Å². The molecule has 0 aliphatic rings. The molecule has 0 amide bonds. The lowest BCUT2D eigenvalue weighted by Crippen LogP contribution is -2.00. The van der Waals surface area contributed by atoms with Gasteiger partial charge in [0.15, 0.2) is 0 Å². The van der Waals surface area contributed by atoms with E-state index in [0.717, 1.165) is 6.54 Å². The number of nitrogens with zero attached hydrogens (tertiary/aromatic N) is 2. The van der Waals surface area contributed by atoms with E-state index in [1.807, 2.05) is 12.4 Å². The predicted octanol–water partition coefficient (Wildman–Crippen LogP) is 2.86. The molecule has 0 aromatic carbocycles. The molecule has 0 unspecified atom stereocenters. The Morgan fingerprint density at radius 2 is 1.80 bits per heavy atom. The van der Waals surface area contributed by atoms with Gasteiger partial charge < -0.3 is 4.57 Å². The van der Waals surface area contributed by atoms with Gasteiger partial charge in [0, 0.05) is 30.8 Å². The maximum absolute atomic E-state index is 4.02. The fourth-order valence-corrected chi connectivity index (χ4v) is 1.78. The molecule has 78 valence electrons. The van der Waals surface area contributed by atoms with Crippen LogP contribution in [-0.4, -0.2) is 9.55 Å². The van der Waals surface area contributed by atoms with Crippen molar-refractivity contribution < 1.29 is 0 Å². The molecule has 0 aliphatic heterocycles. The Morgan fingerprint density at radius 3 is 2.33 bits per heavy atom. The zero-order valence-electron chi connectivity index (χ0n) is 9.49. The van der Waals surface area contributed by atoms with Gasteiger partial charge in [-0.2, -0.15) is 0 Å². The first-order valence-corrected chi connectivity index (χ1v) is 5.20. The minimum Gasteiger partial charge on any atom is -0.347 e. The van der Waals surface area contributed by atoms with E-state index >= 15 is 0 Å². The van der Waals surface area contributed by atoms with Gasteiger partial charge in [0.2, 0.25) is 0 Å². The van der Waals surface area contributed by atoms with Gasteiger partial charge in [0.1, 0.15) is 0 Å². The van der Waals surface area contributed by atoms with Crippen LogP contribution < -0.4 is 0 Å². The van der Waals surface area contributed by atoms with Crippen LogP contribution in [0.5, 0.6) is 0 Å². The molecule has 0 saturated heterocycles. The Bertz CT molecular complexity index is 455. The minimum atomic E-state index is 0.934. The van der Waals surface area contributed by atoms with Crippen molar-refractivity contribution in [2.45, 2.75) is 27.3 Å². The number of aryl methyl sites for hydroxylation is 1. The fourth-order valence-electron chi connectivity index (χ4n) is 1.78. The van der Waals surface area contributed by atoms with Crippen LogP contribution >= 0.6 is 0 Å². The highest BCUT2D eigenvalue weighted by Gasteiger charge is 2.04. The first-order chi connectivity index (χ1) is 7.18. The van der Waals surface area contributed by atoms with E-state index in [9.17, 15) is 0 Å². The Hall–Kier alpha value is -1.57. The largest absolute Gasteiger partial charge is 0.347 e. The molecule has 2 aromatic heterocycles. The lowest BCUT2D eigenvalue weighted by Gasteiger charge is -2.06. The van der Waals surface area contributed by atoms with Crippen molar-refractivity contribution in [2.24, 2.45) is 0 Å². The van der Waals surface area contributed by atoms with Crippen molar-refractivity contribution in [1.82, 2.24) is 9.55 Å². The van der Waals surface area contributed by atoms with Crippen molar-refractivity contribution in [3.05, 3.63) is 53.1 Å². The molecule has 0 spiro atoms. The lowest BCUT2D eigenvalue weighted by molar-refractivity contribution is 0.771. The Morgan fingerprint density at radius 1 is 1.13 bits per heavy atom. The van der Waals surface area contributed by atoms with Crippen molar-refractivity contribution in [2.75, 3.05) is 0 Å². The van der Waals surface area contributed by atoms with E-state index < -0.39 is 0 Å². The van der Waals surface area contributed by atoms with Crippen LogP contribution in [-0.2, 0) is 6.54 Å². The van der Waals surface area contributed by atoms with Crippen molar-refractivity contribution in [3.8, 4) is 0 Å². The van der Waals surface area contributed by atoms with Crippen LogP contribution in [0.1, 0.15) is 22.4 Å². The highest BCUT2D eigenvalue weighted by atomic mass is 15.0. The Labute approximate surface area is 90.6 Å². The second kappa shape index (κ2) is 3.89. The standard InChI is InChI=1S/C13H16N2/c1-10-8-15(12(3)11(10)2)9-13-4-6-14-7-5-13/h4-8H,9H2,1-3H3. The molecule has 2 aromatic rings. The third-order valence-electron chi connectivity index (χ3n) is 3.02. The van der Waals surface area contributed by atoms with Crippen LogP contribution in [0.3, 0.4) is 0 Å². The monoisotopic (exact) mass is 200 g/mol. The molecular formula is C13H16N2. The second-order valence-corrected chi connectivity index (χ2v) is 4.01. The van der Waals surface area contributed by atoms with Crippen LogP contribution in [0.4, 0.5) is 0 Å². The fraction of sp³-hybridized carbons (Fsp3) is 0.308. The highest BCUT2D eigenvalue weighted by Crippen LogP contribution is 2.15. The number of hydrogen-bond acceptors (Lipinski definition) is 1. The van der Waals surface area contributed by atoms with Gasteiger partial charge in [-0.3, -0.25) is 4.98 Å². The molecule has 0 radical (unpaired) electrons. The summed E-state index contributed by atoms with van der Waals surface area (Å²) < 4.78 is 2.29. The molecule has 2 nitrogen and oxygen atoms in total. The first-order valence-electron chi connectivity index (χ1n) is 5.20. The summed E-state index contributed by atoms with van der Waals surface area (Å²) >= 11 is 0. The summed E-state index contributed by atoms with van der Waals surface area (Å²) in [5.74, 6) is 0. The third-order valence-corrected chi connectivity index (χ3v) is 3.02. The van der Waals surface area contributed by atoms with Gasteiger partial charge in [0.05, 0.1) is 0 Å². The SMILES string of the molecule is Cc1cn(Cc2ccncc2)c(C)c1C. The zero-order valence-corrected chi connectivity index (χ0v) is 9.49. The number of hydrogen-bond donors (Lipinski definition) is 0. The summed E-state index contributed by atoms with van der Waals surface area (Å²) in [5.41, 5.74) is 5.40. The summed E-state index contributed by atoms with van der Waals surface area (Å²) in [5, 5.41) is 0. The summed E-state index contributed by atoms with van der Waals surface area (Å²) in [6.45, 7) is 7.44. The van der Waals surface area contributed by atoms with Crippen LogP contribution in [0.15, 0.2) is 30.7 Å². The van der Waals surface area contributed by atoms with E-state index in [-0.39, 0.29) is 0 Å². The molecule has 0 N–H and O–H groups in total. The van der Waals surface area contributed by atoms with Gasteiger partial charge in [-0.25, -0.2) is 0 Å². The maximum Gasteiger partial charge on any atom is 0.0474 e. The van der Waals surface area contributed by atoms with Crippen molar-refractivity contribution >= 4 is 0 Å². The molecule has 2 heteroatoms. The summed E-state index contributed by atoms with van der Waals surface area (Å²) in [4.78, 5) is 4.02. The molecule has 0 aliphatic carbocycles. The molecule has 2 heterocycles. The van der Waals surface area contributed by atoms with E-state index in [2.05, 4.69) is 48.7 Å². The van der Waals surface area contributed by atoms with Gasteiger partial charge in [-0.1, -0.05) is 0 Å². The van der Waals surface area contributed by atoms with E-state index in [4.69, 9.17) is 0 Å². The molecule has 0 bridgehead atoms. The van der Waals surface area contributed by atoms with Crippen molar-refractivity contribution in [3.63, 3.8) is 0 Å². The van der Waals surface area contributed by atoms with Gasteiger partial charge in [-0.15, -0.1) is 0 Å². The number of rotatable bonds is 2. The van der Waals surface area contributed by atoms with Crippen molar-refractivity contribution in [1.29, 1.82) is 0 Å². The average molecular weight is 200 g/mol. The number of aromatic nitrogens is 2. The first kappa shape index (κ1) is 9.97.